The Bertz CT molecular complexity index is 657. The van der Waals surface area contributed by atoms with Crippen LogP contribution in [0.25, 0.3) is 0 Å². The van der Waals surface area contributed by atoms with Crippen LogP contribution >= 0.6 is 27.3 Å². The van der Waals surface area contributed by atoms with Crippen LogP contribution in [0, 0.1) is 0 Å². The normalized spacial score (nSPS) is 20.1. The average Bonchev–Trinajstić information content (AvgIpc) is 2.88. The van der Waals surface area contributed by atoms with Gasteiger partial charge in [-0.15, -0.1) is 11.3 Å². The van der Waals surface area contributed by atoms with Crippen molar-refractivity contribution in [2.75, 3.05) is 20.2 Å². The number of hydrogen-bond donors (Lipinski definition) is 1. The van der Waals surface area contributed by atoms with Crippen molar-refractivity contribution in [1.29, 1.82) is 0 Å². The SMILES string of the molecule is COC(=O)CC1C(=O)NCCN1S(=O)(=O)c1ccc(Br)s1. The summed E-state index contributed by atoms with van der Waals surface area (Å²) in [5.74, 6) is -1.13. The number of sulfonamides is 1. The predicted octanol–water partition coefficient (Wildman–Crippen LogP) is 0.563. The maximum atomic E-state index is 12.6. The van der Waals surface area contributed by atoms with E-state index in [2.05, 4.69) is 26.0 Å². The van der Waals surface area contributed by atoms with E-state index < -0.39 is 27.9 Å². The largest absolute Gasteiger partial charge is 0.469 e. The van der Waals surface area contributed by atoms with Crippen molar-refractivity contribution in [3.05, 3.63) is 15.9 Å². The molecule has 1 aromatic rings. The highest BCUT2D eigenvalue weighted by Crippen LogP contribution is 2.30. The molecule has 21 heavy (non-hydrogen) atoms. The molecule has 0 saturated carbocycles. The quantitative estimate of drug-likeness (QED) is 0.750. The number of hydrogen-bond acceptors (Lipinski definition) is 6. The van der Waals surface area contributed by atoms with Crippen LogP contribution in [0.3, 0.4) is 0 Å². The Morgan fingerprint density at radius 2 is 2.29 bits per heavy atom. The number of rotatable bonds is 4. The molecule has 2 rings (SSSR count). The molecule has 1 aromatic heterocycles. The van der Waals surface area contributed by atoms with Crippen molar-refractivity contribution in [3.63, 3.8) is 0 Å². The summed E-state index contributed by atoms with van der Waals surface area (Å²) in [5.41, 5.74) is 0. The Morgan fingerprint density at radius 3 is 2.86 bits per heavy atom. The Balaban J connectivity index is 2.33. The van der Waals surface area contributed by atoms with E-state index in [9.17, 15) is 18.0 Å². The Hall–Kier alpha value is -0.970. The highest BCUT2D eigenvalue weighted by atomic mass is 79.9. The molecular formula is C11H13BrN2O5S2. The number of piperazine rings is 1. The van der Waals surface area contributed by atoms with Crippen molar-refractivity contribution < 1.29 is 22.7 Å². The molecule has 1 saturated heterocycles. The Labute approximate surface area is 134 Å². The summed E-state index contributed by atoms with van der Waals surface area (Å²) in [4.78, 5) is 23.3. The first-order valence-corrected chi connectivity index (χ1v) is 9.03. The molecule has 0 spiro atoms. The topological polar surface area (TPSA) is 92.8 Å². The van der Waals surface area contributed by atoms with Crippen molar-refractivity contribution in [2.24, 2.45) is 0 Å². The summed E-state index contributed by atoms with van der Waals surface area (Å²) < 4.78 is 31.6. The lowest BCUT2D eigenvalue weighted by molar-refractivity contribution is -0.144. The molecule has 116 valence electrons. The van der Waals surface area contributed by atoms with Crippen molar-refractivity contribution >= 4 is 49.2 Å². The second-order valence-electron chi connectivity index (χ2n) is 4.26. The zero-order valence-corrected chi connectivity index (χ0v) is 14.3. The number of nitrogens with zero attached hydrogens (tertiary/aromatic N) is 1. The maximum Gasteiger partial charge on any atom is 0.307 e. The van der Waals surface area contributed by atoms with Crippen LogP contribution in [0.1, 0.15) is 6.42 Å². The standard InChI is InChI=1S/C11H13BrN2O5S2/c1-19-9(15)6-7-11(16)13-4-5-14(7)21(17,18)10-3-2-8(12)20-10/h2-3,7H,4-6H2,1H3,(H,13,16). The molecule has 0 bridgehead atoms. The summed E-state index contributed by atoms with van der Waals surface area (Å²) in [6, 6.07) is 2.00. The van der Waals surface area contributed by atoms with E-state index in [-0.39, 0.29) is 23.7 Å². The van der Waals surface area contributed by atoms with E-state index in [4.69, 9.17) is 0 Å². The van der Waals surface area contributed by atoms with Gasteiger partial charge in [0.2, 0.25) is 5.91 Å². The average molecular weight is 397 g/mol. The van der Waals surface area contributed by atoms with Gasteiger partial charge in [-0.1, -0.05) is 0 Å². The fourth-order valence-corrected chi connectivity index (χ4v) is 5.70. The first-order chi connectivity index (χ1) is 9.86. The van der Waals surface area contributed by atoms with Gasteiger partial charge in [-0.05, 0) is 28.1 Å². The fourth-order valence-electron chi connectivity index (χ4n) is 1.97. The third-order valence-corrected chi connectivity index (χ3v) is 6.98. The number of methoxy groups -OCH3 is 1. The molecule has 0 aromatic carbocycles. The second kappa shape index (κ2) is 6.42. The number of thiophene rings is 1. The van der Waals surface area contributed by atoms with Gasteiger partial charge in [-0.3, -0.25) is 9.59 Å². The van der Waals surface area contributed by atoms with E-state index in [0.29, 0.717) is 3.79 Å². The van der Waals surface area contributed by atoms with Gasteiger partial charge in [-0.25, -0.2) is 8.42 Å². The molecule has 1 amide bonds. The van der Waals surface area contributed by atoms with E-state index >= 15 is 0 Å². The fraction of sp³-hybridized carbons (Fsp3) is 0.455. The lowest BCUT2D eigenvalue weighted by Crippen LogP contribution is -2.57. The van der Waals surface area contributed by atoms with Crippen LogP contribution in [0.4, 0.5) is 0 Å². The smallest absolute Gasteiger partial charge is 0.307 e. The number of amides is 1. The molecule has 1 fully saturated rings. The maximum absolute atomic E-state index is 12.6. The van der Waals surface area contributed by atoms with Gasteiger partial charge in [0.25, 0.3) is 10.0 Å². The van der Waals surface area contributed by atoms with Crippen LogP contribution in [-0.4, -0.2) is 50.8 Å². The number of halogens is 1. The third-order valence-electron chi connectivity index (χ3n) is 2.98. The molecule has 1 aliphatic heterocycles. The molecule has 1 atom stereocenters. The summed E-state index contributed by atoms with van der Waals surface area (Å²) in [7, 11) is -2.63. The van der Waals surface area contributed by atoms with Gasteiger partial charge < -0.3 is 10.1 Å². The number of nitrogens with one attached hydrogen (secondary N) is 1. The molecule has 2 heterocycles. The highest BCUT2D eigenvalue weighted by molar-refractivity contribution is 9.11. The van der Waals surface area contributed by atoms with E-state index in [1.807, 2.05) is 0 Å². The highest BCUT2D eigenvalue weighted by Gasteiger charge is 2.40. The third kappa shape index (κ3) is 3.44. The first kappa shape index (κ1) is 16.4. The molecule has 0 radical (unpaired) electrons. The first-order valence-electron chi connectivity index (χ1n) is 5.98. The monoisotopic (exact) mass is 396 g/mol. The van der Waals surface area contributed by atoms with Crippen molar-refractivity contribution in [2.45, 2.75) is 16.7 Å². The van der Waals surface area contributed by atoms with Crippen molar-refractivity contribution in [3.8, 4) is 0 Å². The number of esters is 1. The van der Waals surface area contributed by atoms with Crippen LogP contribution in [0.15, 0.2) is 20.1 Å². The van der Waals surface area contributed by atoms with Gasteiger partial charge in [-0.2, -0.15) is 4.31 Å². The summed E-state index contributed by atoms with van der Waals surface area (Å²) in [6.45, 7) is 0.327. The Kier molecular flexibility index (Phi) is 5.02. The van der Waals surface area contributed by atoms with Gasteiger partial charge in [0.15, 0.2) is 0 Å². The lowest BCUT2D eigenvalue weighted by atomic mass is 10.1. The summed E-state index contributed by atoms with van der Waals surface area (Å²) in [6.07, 6.45) is -0.311. The molecule has 7 nitrogen and oxygen atoms in total. The molecular weight excluding hydrogens is 384 g/mol. The molecule has 1 aliphatic rings. The summed E-state index contributed by atoms with van der Waals surface area (Å²) in [5, 5.41) is 2.56. The number of carbonyl (C=O) groups excluding carboxylic acids is 2. The van der Waals surface area contributed by atoms with Gasteiger partial charge >= 0.3 is 5.97 Å². The van der Waals surface area contributed by atoms with E-state index in [0.717, 1.165) is 15.6 Å². The number of carbonyl (C=O) groups is 2. The van der Waals surface area contributed by atoms with Gasteiger partial charge in [0.05, 0.1) is 17.3 Å². The summed E-state index contributed by atoms with van der Waals surface area (Å²) >= 11 is 4.26. The van der Waals surface area contributed by atoms with Gasteiger partial charge in [0, 0.05) is 13.1 Å². The second-order valence-corrected chi connectivity index (χ2v) is 8.84. The van der Waals surface area contributed by atoms with Crippen LogP contribution in [0.2, 0.25) is 0 Å². The van der Waals surface area contributed by atoms with E-state index in [1.165, 1.54) is 13.2 Å². The van der Waals surface area contributed by atoms with Crippen molar-refractivity contribution in [1.82, 2.24) is 9.62 Å². The minimum atomic E-state index is -3.82. The Morgan fingerprint density at radius 1 is 1.57 bits per heavy atom. The lowest BCUT2D eigenvalue weighted by Gasteiger charge is -2.32. The molecule has 10 heteroatoms. The zero-order chi connectivity index (χ0) is 15.6. The number of ether oxygens (including phenoxy) is 1. The van der Waals surface area contributed by atoms with Crippen LogP contribution < -0.4 is 5.32 Å². The van der Waals surface area contributed by atoms with Gasteiger partial charge in [0.1, 0.15) is 10.3 Å². The van der Waals surface area contributed by atoms with E-state index in [1.54, 1.807) is 6.07 Å². The van der Waals surface area contributed by atoms with Crippen LogP contribution in [0.5, 0.6) is 0 Å². The minimum absolute atomic E-state index is 0.116. The minimum Gasteiger partial charge on any atom is -0.469 e. The zero-order valence-electron chi connectivity index (χ0n) is 11.0. The molecule has 0 aliphatic carbocycles. The van der Waals surface area contributed by atoms with Crippen LogP contribution in [-0.2, 0) is 24.3 Å². The molecule has 1 N–H and O–H groups in total. The molecule has 1 unspecified atom stereocenters. The predicted molar refractivity (Wildman–Crippen MR) is 79.3 cm³/mol.